The normalized spacial score (nSPS) is 27.8. The SMILES string of the molecule is CCOC1CCCN(CC(CO)(NC(C)C)C2CC2)C1. The van der Waals surface area contributed by atoms with Gasteiger partial charge in [0.2, 0.25) is 0 Å². The van der Waals surface area contributed by atoms with Crippen LogP contribution in [0, 0.1) is 5.92 Å². The Bertz CT molecular complexity index is 292. The summed E-state index contributed by atoms with van der Waals surface area (Å²) in [6.45, 7) is 10.6. The minimum Gasteiger partial charge on any atom is -0.394 e. The molecule has 118 valence electrons. The fourth-order valence-corrected chi connectivity index (χ4v) is 3.66. The van der Waals surface area contributed by atoms with Crippen molar-refractivity contribution in [3.8, 4) is 0 Å². The van der Waals surface area contributed by atoms with Crippen LogP contribution in [-0.2, 0) is 4.74 Å². The zero-order valence-electron chi connectivity index (χ0n) is 13.4. The van der Waals surface area contributed by atoms with Gasteiger partial charge in [-0.25, -0.2) is 0 Å². The lowest BCUT2D eigenvalue weighted by Crippen LogP contribution is -2.61. The Balaban J connectivity index is 1.96. The number of aliphatic hydroxyl groups excluding tert-OH is 1. The van der Waals surface area contributed by atoms with Crippen LogP contribution < -0.4 is 5.32 Å². The van der Waals surface area contributed by atoms with E-state index in [-0.39, 0.29) is 12.1 Å². The van der Waals surface area contributed by atoms with E-state index in [0.717, 1.165) is 26.2 Å². The molecular formula is C16H32N2O2. The second-order valence-electron chi connectivity index (χ2n) is 6.84. The molecule has 2 atom stereocenters. The quantitative estimate of drug-likeness (QED) is 0.711. The smallest absolute Gasteiger partial charge is 0.0702 e. The van der Waals surface area contributed by atoms with Crippen molar-refractivity contribution in [1.82, 2.24) is 10.2 Å². The number of likely N-dealkylation sites (tertiary alicyclic amines) is 1. The van der Waals surface area contributed by atoms with Gasteiger partial charge in [0.15, 0.2) is 0 Å². The molecule has 1 aliphatic carbocycles. The van der Waals surface area contributed by atoms with Crippen LogP contribution in [0.25, 0.3) is 0 Å². The fraction of sp³-hybridized carbons (Fsp3) is 1.00. The summed E-state index contributed by atoms with van der Waals surface area (Å²) >= 11 is 0. The summed E-state index contributed by atoms with van der Waals surface area (Å²) in [6, 6.07) is 0.412. The maximum absolute atomic E-state index is 10.0. The van der Waals surface area contributed by atoms with Crippen LogP contribution in [0.15, 0.2) is 0 Å². The number of ether oxygens (including phenoxy) is 1. The minimum atomic E-state index is -0.109. The molecule has 2 fully saturated rings. The molecule has 0 amide bonds. The average Bonchev–Trinajstić information content (AvgIpc) is 3.23. The van der Waals surface area contributed by atoms with Crippen LogP contribution >= 0.6 is 0 Å². The Kier molecular flexibility index (Phi) is 5.84. The maximum atomic E-state index is 10.0. The number of nitrogens with zero attached hydrogens (tertiary/aromatic N) is 1. The summed E-state index contributed by atoms with van der Waals surface area (Å²) in [5.41, 5.74) is -0.109. The first kappa shape index (κ1) is 16.2. The Morgan fingerprint density at radius 1 is 1.35 bits per heavy atom. The molecule has 0 bridgehead atoms. The summed E-state index contributed by atoms with van der Waals surface area (Å²) in [7, 11) is 0. The van der Waals surface area contributed by atoms with Crippen molar-refractivity contribution in [2.75, 3.05) is 32.8 Å². The molecule has 2 unspecified atom stereocenters. The predicted octanol–water partition coefficient (Wildman–Crippen LogP) is 1.63. The number of hydrogen-bond donors (Lipinski definition) is 2. The Hall–Kier alpha value is -0.160. The first-order chi connectivity index (χ1) is 9.59. The van der Waals surface area contributed by atoms with Crippen LogP contribution in [0.4, 0.5) is 0 Å². The monoisotopic (exact) mass is 284 g/mol. The third kappa shape index (κ3) is 4.17. The first-order valence-corrected chi connectivity index (χ1v) is 8.32. The first-order valence-electron chi connectivity index (χ1n) is 8.32. The average molecular weight is 284 g/mol. The largest absolute Gasteiger partial charge is 0.394 e. The highest BCUT2D eigenvalue weighted by Gasteiger charge is 2.46. The van der Waals surface area contributed by atoms with Gasteiger partial charge in [-0.05, 0) is 45.1 Å². The molecule has 1 saturated heterocycles. The molecule has 4 heteroatoms. The molecule has 2 rings (SSSR count). The molecule has 1 aliphatic heterocycles. The van der Waals surface area contributed by atoms with E-state index in [1.807, 2.05) is 0 Å². The summed E-state index contributed by atoms with van der Waals surface area (Å²) in [5, 5.41) is 13.7. The summed E-state index contributed by atoms with van der Waals surface area (Å²) in [6.07, 6.45) is 5.27. The minimum absolute atomic E-state index is 0.109. The second kappa shape index (κ2) is 7.21. The van der Waals surface area contributed by atoms with E-state index in [1.165, 1.54) is 25.7 Å². The molecule has 0 aromatic heterocycles. The lowest BCUT2D eigenvalue weighted by atomic mass is 9.91. The van der Waals surface area contributed by atoms with Gasteiger partial charge in [0.05, 0.1) is 18.2 Å². The van der Waals surface area contributed by atoms with Gasteiger partial charge in [-0.3, -0.25) is 4.90 Å². The molecule has 0 aromatic rings. The van der Waals surface area contributed by atoms with E-state index >= 15 is 0 Å². The van der Waals surface area contributed by atoms with Crippen molar-refractivity contribution < 1.29 is 9.84 Å². The van der Waals surface area contributed by atoms with Crippen LogP contribution in [0.3, 0.4) is 0 Å². The van der Waals surface area contributed by atoms with Gasteiger partial charge in [-0.15, -0.1) is 0 Å². The maximum Gasteiger partial charge on any atom is 0.0702 e. The second-order valence-corrected chi connectivity index (χ2v) is 6.84. The van der Waals surface area contributed by atoms with Crippen LogP contribution in [-0.4, -0.2) is 60.5 Å². The molecule has 2 aliphatic rings. The molecular weight excluding hydrogens is 252 g/mol. The van der Waals surface area contributed by atoms with E-state index < -0.39 is 0 Å². The van der Waals surface area contributed by atoms with Crippen molar-refractivity contribution in [3.05, 3.63) is 0 Å². The zero-order chi connectivity index (χ0) is 14.6. The molecule has 0 spiro atoms. The van der Waals surface area contributed by atoms with Gasteiger partial charge in [0, 0.05) is 25.7 Å². The van der Waals surface area contributed by atoms with Gasteiger partial charge in [-0.2, -0.15) is 0 Å². The van der Waals surface area contributed by atoms with Crippen molar-refractivity contribution >= 4 is 0 Å². The molecule has 20 heavy (non-hydrogen) atoms. The van der Waals surface area contributed by atoms with E-state index in [2.05, 4.69) is 31.0 Å². The topological polar surface area (TPSA) is 44.7 Å². The lowest BCUT2D eigenvalue weighted by Gasteiger charge is -2.42. The van der Waals surface area contributed by atoms with Crippen molar-refractivity contribution in [2.24, 2.45) is 5.92 Å². The molecule has 4 nitrogen and oxygen atoms in total. The van der Waals surface area contributed by atoms with Crippen LogP contribution in [0.1, 0.15) is 46.5 Å². The number of hydrogen-bond acceptors (Lipinski definition) is 4. The number of nitrogens with one attached hydrogen (secondary N) is 1. The molecule has 2 N–H and O–H groups in total. The van der Waals surface area contributed by atoms with Crippen molar-refractivity contribution in [2.45, 2.75) is 64.1 Å². The summed E-state index contributed by atoms with van der Waals surface area (Å²) < 4.78 is 5.79. The zero-order valence-corrected chi connectivity index (χ0v) is 13.4. The third-order valence-electron chi connectivity index (χ3n) is 4.59. The molecule has 0 aromatic carbocycles. The number of aliphatic hydroxyl groups is 1. The highest BCUT2D eigenvalue weighted by molar-refractivity contribution is 5.04. The number of piperidine rings is 1. The highest BCUT2D eigenvalue weighted by atomic mass is 16.5. The van der Waals surface area contributed by atoms with Crippen molar-refractivity contribution in [1.29, 1.82) is 0 Å². The van der Waals surface area contributed by atoms with Gasteiger partial charge in [0.1, 0.15) is 0 Å². The Labute approximate surface area is 123 Å². The molecule has 1 saturated carbocycles. The van der Waals surface area contributed by atoms with Crippen LogP contribution in [0.5, 0.6) is 0 Å². The number of rotatable bonds is 8. The van der Waals surface area contributed by atoms with Gasteiger partial charge in [-0.1, -0.05) is 13.8 Å². The Morgan fingerprint density at radius 2 is 2.10 bits per heavy atom. The van der Waals surface area contributed by atoms with Gasteiger partial charge < -0.3 is 15.2 Å². The van der Waals surface area contributed by atoms with Crippen molar-refractivity contribution in [3.63, 3.8) is 0 Å². The molecule has 0 radical (unpaired) electrons. The van der Waals surface area contributed by atoms with Crippen LogP contribution in [0.2, 0.25) is 0 Å². The third-order valence-corrected chi connectivity index (χ3v) is 4.59. The summed E-state index contributed by atoms with van der Waals surface area (Å²) in [5.74, 6) is 0.641. The van der Waals surface area contributed by atoms with E-state index in [1.54, 1.807) is 0 Å². The fourth-order valence-electron chi connectivity index (χ4n) is 3.66. The standard InChI is InChI=1S/C16H32N2O2/c1-4-20-15-6-5-9-18(10-15)11-16(12-19,14-7-8-14)17-13(2)3/h13-15,17,19H,4-12H2,1-3H3. The van der Waals surface area contributed by atoms with Gasteiger partial charge >= 0.3 is 0 Å². The highest BCUT2D eigenvalue weighted by Crippen LogP contribution is 2.40. The Morgan fingerprint density at radius 3 is 2.65 bits per heavy atom. The van der Waals surface area contributed by atoms with E-state index in [4.69, 9.17) is 4.74 Å². The predicted molar refractivity (Wildman–Crippen MR) is 81.9 cm³/mol. The van der Waals surface area contributed by atoms with E-state index in [9.17, 15) is 5.11 Å². The van der Waals surface area contributed by atoms with E-state index in [0.29, 0.717) is 18.1 Å². The molecule has 1 heterocycles. The lowest BCUT2D eigenvalue weighted by molar-refractivity contribution is -0.0109. The summed E-state index contributed by atoms with van der Waals surface area (Å²) in [4.78, 5) is 2.49. The van der Waals surface area contributed by atoms with Gasteiger partial charge in [0.25, 0.3) is 0 Å².